The van der Waals surface area contributed by atoms with Crippen LogP contribution in [0.4, 0.5) is 11.4 Å². The number of H-pyrrole nitrogens is 1. The van der Waals surface area contributed by atoms with Crippen molar-refractivity contribution in [3.63, 3.8) is 0 Å². The summed E-state index contributed by atoms with van der Waals surface area (Å²) < 4.78 is 10.4. The highest BCUT2D eigenvalue weighted by atomic mass is 35.5. The molecule has 0 saturated heterocycles. The van der Waals surface area contributed by atoms with Gasteiger partial charge in [0.05, 0.1) is 15.5 Å². The smallest absolute Gasteiger partial charge is 0.439 e. The van der Waals surface area contributed by atoms with Crippen LogP contribution in [0, 0.1) is 0 Å². The summed E-state index contributed by atoms with van der Waals surface area (Å²) in [7, 11) is 0. The number of rotatable bonds is 4. The van der Waals surface area contributed by atoms with Gasteiger partial charge in [-0.15, -0.1) is 0 Å². The number of anilines is 2. The minimum Gasteiger partial charge on any atom is -0.454 e. The fraction of sp³-hybridized carbons (Fsp3) is 0.238. The van der Waals surface area contributed by atoms with E-state index in [-0.39, 0.29) is 33.2 Å². The summed E-state index contributed by atoms with van der Waals surface area (Å²) in [6.45, 7) is 1.94. The maximum absolute atomic E-state index is 12.5. The third-order valence-electron chi connectivity index (χ3n) is 5.80. The largest absolute Gasteiger partial charge is 0.454 e. The lowest BCUT2D eigenvalue weighted by Gasteiger charge is -2.30. The van der Waals surface area contributed by atoms with E-state index in [4.69, 9.17) is 27.9 Å². The first-order chi connectivity index (χ1) is 15.3. The summed E-state index contributed by atoms with van der Waals surface area (Å²) in [6.07, 6.45) is 2.39. The number of nitrogens with zero attached hydrogens (tertiary/aromatic N) is 1. The number of hydrogen-bond donors (Lipinski definition) is 3. The molecule has 1 aliphatic heterocycles. The summed E-state index contributed by atoms with van der Waals surface area (Å²) in [5.74, 6) is -1.03. The maximum atomic E-state index is 12.5. The molecule has 164 valence electrons. The summed E-state index contributed by atoms with van der Waals surface area (Å²) in [6, 6.07) is 6.53. The van der Waals surface area contributed by atoms with Crippen LogP contribution in [0.3, 0.4) is 0 Å². The van der Waals surface area contributed by atoms with Crippen molar-refractivity contribution in [2.45, 2.75) is 31.6 Å². The molecule has 0 spiro atoms. The molecule has 0 fully saturated rings. The first kappa shape index (κ1) is 20.6. The van der Waals surface area contributed by atoms with Gasteiger partial charge < -0.3 is 15.4 Å². The minimum absolute atomic E-state index is 0.00443. The van der Waals surface area contributed by atoms with Crippen molar-refractivity contribution in [2.75, 3.05) is 10.6 Å². The average molecular weight is 475 g/mol. The molecule has 1 atom stereocenters. The van der Waals surface area contributed by atoms with Crippen molar-refractivity contribution in [1.82, 2.24) is 10.1 Å². The van der Waals surface area contributed by atoms with Gasteiger partial charge in [-0.3, -0.25) is 19.1 Å². The van der Waals surface area contributed by atoms with Gasteiger partial charge in [-0.25, -0.2) is 4.79 Å². The topological polar surface area (TPSA) is 126 Å². The Labute approximate surface area is 191 Å². The third-order valence-corrected chi connectivity index (χ3v) is 6.36. The molecule has 1 unspecified atom stereocenters. The summed E-state index contributed by atoms with van der Waals surface area (Å²) in [5.41, 5.74) is 2.42. The van der Waals surface area contributed by atoms with E-state index in [1.807, 2.05) is 13.0 Å². The molecule has 0 saturated carbocycles. The molecule has 2 amide bonds. The highest BCUT2D eigenvalue weighted by Gasteiger charge is 2.46. The van der Waals surface area contributed by atoms with Crippen LogP contribution in [0.2, 0.25) is 10.0 Å². The van der Waals surface area contributed by atoms with Crippen LogP contribution in [-0.4, -0.2) is 22.0 Å². The second kappa shape index (κ2) is 7.39. The van der Waals surface area contributed by atoms with Crippen molar-refractivity contribution < 1.29 is 18.8 Å². The normalized spacial score (nSPS) is 18.8. The molecule has 0 bridgehead atoms. The Bertz CT molecular complexity index is 1330. The Kier molecular flexibility index (Phi) is 4.75. The Morgan fingerprint density at radius 2 is 2.00 bits per heavy atom. The Hall–Kier alpha value is -3.30. The van der Waals surface area contributed by atoms with Gasteiger partial charge in [-0.1, -0.05) is 23.2 Å². The monoisotopic (exact) mass is 474 g/mol. The second-order valence-corrected chi connectivity index (χ2v) is 8.69. The molecular weight excluding hydrogens is 459 g/mol. The van der Waals surface area contributed by atoms with E-state index >= 15 is 0 Å². The first-order valence-electron chi connectivity index (χ1n) is 9.78. The van der Waals surface area contributed by atoms with Crippen LogP contribution in [0.1, 0.15) is 41.5 Å². The molecular formula is C21H16Cl2N4O5. The Morgan fingerprint density at radius 1 is 1.25 bits per heavy atom. The van der Waals surface area contributed by atoms with Gasteiger partial charge in [0.15, 0.2) is 5.75 Å². The van der Waals surface area contributed by atoms with Crippen molar-refractivity contribution in [2.24, 2.45) is 0 Å². The van der Waals surface area contributed by atoms with Crippen molar-refractivity contribution in [1.29, 1.82) is 0 Å². The Balaban J connectivity index is 1.45. The van der Waals surface area contributed by atoms with Gasteiger partial charge >= 0.3 is 5.76 Å². The number of carbonyl (C=O) groups is 2. The molecule has 1 aliphatic carbocycles. The number of carbonyl (C=O) groups excluding carboxylic acids is 2. The zero-order valence-electron chi connectivity index (χ0n) is 16.7. The highest BCUT2D eigenvalue weighted by molar-refractivity contribution is 6.37. The van der Waals surface area contributed by atoms with E-state index in [9.17, 15) is 14.4 Å². The summed E-state index contributed by atoms with van der Waals surface area (Å²) in [4.78, 5) is 37.8. The molecule has 2 heterocycles. The number of nitrogens with one attached hydrogen (secondary N) is 3. The van der Waals surface area contributed by atoms with Crippen LogP contribution in [0.25, 0.3) is 0 Å². The molecule has 32 heavy (non-hydrogen) atoms. The number of benzene rings is 2. The van der Waals surface area contributed by atoms with Gasteiger partial charge in [0.2, 0.25) is 11.7 Å². The van der Waals surface area contributed by atoms with Gasteiger partial charge in [0.25, 0.3) is 5.91 Å². The lowest BCUT2D eigenvalue weighted by Crippen LogP contribution is -2.34. The number of amides is 2. The van der Waals surface area contributed by atoms with E-state index in [1.54, 1.807) is 6.07 Å². The minimum atomic E-state index is -0.846. The van der Waals surface area contributed by atoms with Crippen molar-refractivity contribution >= 4 is 46.4 Å². The fourth-order valence-corrected chi connectivity index (χ4v) is 4.86. The highest BCUT2D eigenvalue weighted by Crippen LogP contribution is 2.50. The zero-order valence-corrected chi connectivity index (χ0v) is 18.2. The fourth-order valence-electron chi connectivity index (χ4n) is 4.30. The predicted octanol–water partition coefficient (Wildman–Crippen LogP) is 4.26. The molecule has 2 aliphatic rings. The zero-order chi connectivity index (χ0) is 22.6. The summed E-state index contributed by atoms with van der Waals surface area (Å²) in [5, 5.41) is 9.14. The number of hydrogen-bond acceptors (Lipinski definition) is 6. The molecule has 5 rings (SSSR count). The quantitative estimate of drug-likeness (QED) is 0.518. The molecule has 3 N–H and O–H groups in total. The molecule has 0 radical (unpaired) electrons. The van der Waals surface area contributed by atoms with E-state index in [0.717, 1.165) is 36.1 Å². The van der Waals surface area contributed by atoms with E-state index in [2.05, 4.69) is 25.3 Å². The molecule has 1 aromatic heterocycles. The van der Waals surface area contributed by atoms with Gasteiger partial charge in [-0.05, 0) is 61.2 Å². The lowest BCUT2D eigenvalue weighted by atomic mass is 9.72. The maximum Gasteiger partial charge on any atom is 0.439 e. The average Bonchev–Trinajstić information content (AvgIpc) is 3.28. The van der Waals surface area contributed by atoms with Crippen LogP contribution >= 0.6 is 23.2 Å². The SMILES string of the molecule is CC12CCCc3c(Oc4c(Cl)cc(NC(=O)c5noc(=O)[nH]5)cc4Cl)ccc(c31)NC2=O. The number of ether oxygens (including phenoxy) is 1. The molecule has 2 aromatic carbocycles. The van der Waals surface area contributed by atoms with Gasteiger partial charge in [0.1, 0.15) is 5.75 Å². The van der Waals surface area contributed by atoms with E-state index < -0.39 is 17.1 Å². The number of halogens is 2. The standard InChI is InChI=1S/C21H16Cl2N4O5/c1-21-6-2-3-10-14(5-4-13(15(10)21)25-19(21)29)31-16-11(22)7-9(8-12(16)23)24-18(28)17-26-20(30)32-27-17/h4-5,7-8H,2-3,6H2,1H3,(H,24,28)(H,25,29)(H,26,27,30). The van der Waals surface area contributed by atoms with Crippen molar-refractivity contribution in [3.05, 3.63) is 61.8 Å². The third kappa shape index (κ3) is 3.25. The van der Waals surface area contributed by atoms with E-state index in [1.165, 1.54) is 12.1 Å². The Morgan fingerprint density at radius 3 is 2.69 bits per heavy atom. The number of aromatic nitrogens is 2. The lowest BCUT2D eigenvalue weighted by molar-refractivity contribution is -0.120. The number of aromatic amines is 1. The van der Waals surface area contributed by atoms with E-state index in [0.29, 0.717) is 5.75 Å². The first-order valence-corrected chi connectivity index (χ1v) is 10.5. The molecule has 3 aromatic rings. The van der Waals surface area contributed by atoms with Gasteiger partial charge in [-0.2, -0.15) is 0 Å². The predicted molar refractivity (Wildman–Crippen MR) is 117 cm³/mol. The van der Waals surface area contributed by atoms with Crippen LogP contribution in [0.15, 0.2) is 33.6 Å². The van der Waals surface area contributed by atoms with Crippen LogP contribution in [0.5, 0.6) is 11.5 Å². The molecule has 11 heteroatoms. The summed E-state index contributed by atoms with van der Waals surface area (Å²) >= 11 is 12.8. The second-order valence-electron chi connectivity index (χ2n) is 7.87. The van der Waals surface area contributed by atoms with Crippen LogP contribution < -0.4 is 21.1 Å². The van der Waals surface area contributed by atoms with Crippen molar-refractivity contribution in [3.8, 4) is 11.5 Å². The molecule has 9 nitrogen and oxygen atoms in total. The van der Waals surface area contributed by atoms with Crippen LogP contribution in [-0.2, 0) is 16.6 Å². The van der Waals surface area contributed by atoms with Gasteiger partial charge in [0, 0.05) is 16.9 Å².